The van der Waals surface area contributed by atoms with E-state index < -0.39 is 11.7 Å². The van der Waals surface area contributed by atoms with Crippen LogP contribution in [0.5, 0.6) is 17.4 Å². The summed E-state index contributed by atoms with van der Waals surface area (Å²) in [4.78, 5) is 3.67. The lowest BCUT2D eigenvalue weighted by atomic mass is 10.3. The van der Waals surface area contributed by atoms with E-state index >= 15 is 0 Å². The second-order valence-electron chi connectivity index (χ2n) is 5.58. The van der Waals surface area contributed by atoms with E-state index in [4.69, 9.17) is 60.6 Å². The number of rotatable bonds is 9. The first-order valence-corrected chi connectivity index (χ1v) is 10.5. The number of alkyl halides is 3. The lowest BCUT2D eigenvalue weighted by Crippen LogP contribution is -2.09. The Morgan fingerprint density at radius 2 is 1.67 bits per heavy atom. The highest BCUT2D eigenvalue weighted by Crippen LogP contribution is 2.37. The molecule has 0 atom stereocenters. The van der Waals surface area contributed by atoms with Crippen LogP contribution in [0, 0.1) is 0 Å². The van der Waals surface area contributed by atoms with Crippen LogP contribution in [0.15, 0.2) is 39.4 Å². The van der Waals surface area contributed by atoms with Crippen molar-refractivity contribution in [3.63, 3.8) is 0 Å². The van der Waals surface area contributed by atoms with Crippen molar-refractivity contribution < 1.29 is 27.4 Å². The van der Waals surface area contributed by atoms with Gasteiger partial charge in [-0.15, -0.1) is 0 Å². The quantitative estimate of drug-likeness (QED) is 0.290. The Hall–Kier alpha value is -1.06. The van der Waals surface area contributed by atoms with Gasteiger partial charge >= 0.3 is 6.18 Å². The van der Waals surface area contributed by atoms with Crippen LogP contribution in [-0.4, -0.2) is 24.8 Å². The van der Waals surface area contributed by atoms with E-state index in [9.17, 15) is 13.2 Å². The highest BCUT2D eigenvalue weighted by Gasteiger charge is 2.31. The fraction of sp³-hybridized carbons (Fsp3) is 0.278. The van der Waals surface area contributed by atoms with E-state index in [1.807, 2.05) is 0 Å². The average Bonchev–Trinajstić information content (AvgIpc) is 2.63. The van der Waals surface area contributed by atoms with Crippen molar-refractivity contribution in [1.82, 2.24) is 4.98 Å². The molecule has 0 fully saturated rings. The van der Waals surface area contributed by atoms with Crippen molar-refractivity contribution in [3.8, 4) is 17.4 Å². The van der Waals surface area contributed by atoms with Crippen molar-refractivity contribution in [3.05, 3.63) is 55.0 Å². The van der Waals surface area contributed by atoms with E-state index in [1.165, 1.54) is 18.2 Å². The Balaban J connectivity index is 1.84. The Morgan fingerprint density at radius 3 is 2.23 bits per heavy atom. The molecule has 2 aromatic rings. The number of hydrogen-bond acceptors (Lipinski definition) is 4. The van der Waals surface area contributed by atoms with Crippen LogP contribution in [0.1, 0.15) is 12.0 Å². The third-order valence-corrected chi connectivity index (χ3v) is 4.81. The third-order valence-electron chi connectivity index (χ3n) is 3.37. The standard InChI is InChI=1S/C18H13BrCl4F3NO3/c19-12-6-10(18(24,25)26)9-27-17(12)30-4-1-3-29-16-13(20)7-11(8-14(16)21)28-5-2-15(22)23/h2,6-9H,1,3-5H2. The Morgan fingerprint density at radius 1 is 1.03 bits per heavy atom. The molecule has 0 amide bonds. The zero-order chi connectivity index (χ0) is 22.3. The summed E-state index contributed by atoms with van der Waals surface area (Å²) in [7, 11) is 0. The smallest absolute Gasteiger partial charge is 0.417 e. The maximum absolute atomic E-state index is 12.6. The molecule has 0 radical (unpaired) electrons. The number of hydrogen-bond donors (Lipinski definition) is 0. The van der Waals surface area contributed by atoms with Gasteiger partial charge in [0.1, 0.15) is 16.8 Å². The molecule has 0 saturated carbocycles. The van der Waals surface area contributed by atoms with Gasteiger partial charge < -0.3 is 14.2 Å². The SMILES string of the molecule is FC(F)(F)c1cnc(OCCCOc2c(Cl)cc(OCC=C(Cl)Cl)cc2Cl)c(Br)c1. The molecule has 0 saturated heterocycles. The molecule has 12 heteroatoms. The van der Waals surface area contributed by atoms with Gasteiger partial charge in [0.2, 0.25) is 5.88 Å². The summed E-state index contributed by atoms with van der Waals surface area (Å²) in [6.07, 6.45) is -1.91. The minimum Gasteiger partial charge on any atom is -0.490 e. The second kappa shape index (κ2) is 11.5. The molecule has 0 aliphatic carbocycles. The number of halogens is 8. The maximum Gasteiger partial charge on any atom is 0.417 e. The molecule has 1 aromatic heterocycles. The predicted molar refractivity (Wildman–Crippen MR) is 114 cm³/mol. The van der Waals surface area contributed by atoms with Gasteiger partial charge in [0.15, 0.2) is 5.75 Å². The molecule has 1 aromatic carbocycles. The molecule has 4 nitrogen and oxygen atoms in total. The van der Waals surface area contributed by atoms with Crippen LogP contribution in [0.4, 0.5) is 13.2 Å². The molecular formula is C18H13BrCl4F3NO3. The molecular weight excluding hydrogens is 557 g/mol. The monoisotopic (exact) mass is 567 g/mol. The van der Waals surface area contributed by atoms with Crippen molar-refractivity contribution in [2.75, 3.05) is 19.8 Å². The summed E-state index contributed by atoms with van der Waals surface area (Å²) in [5.74, 6) is 0.724. The molecule has 2 rings (SSSR count). The van der Waals surface area contributed by atoms with Crippen LogP contribution in [-0.2, 0) is 6.18 Å². The van der Waals surface area contributed by atoms with Crippen LogP contribution >= 0.6 is 62.3 Å². The fourth-order valence-corrected chi connectivity index (χ4v) is 3.21. The summed E-state index contributed by atoms with van der Waals surface area (Å²) >= 11 is 26.3. The number of nitrogens with zero attached hydrogens (tertiary/aromatic N) is 1. The normalized spacial score (nSPS) is 11.2. The summed E-state index contributed by atoms with van der Waals surface area (Å²) in [5, 5.41) is 0.484. The Bertz CT molecular complexity index is 886. The van der Waals surface area contributed by atoms with Gasteiger partial charge in [-0.2, -0.15) is 13.2 Å². The van der Waals surface area contributed by atoms with Gasteiger partial charge in [-0.3, -0.25) is 0 Å². The molecule has 0 bridgehead atoms. The van der Waals surface area contributed by atoms with Crippen LogP contribution < -0.4 is 14.2 Å². The van der Waals surface area contributed by atoms with Crippen LogP contribution in [0.25, 0.3) is 0 Å². The Kier molecular flexibility index (Phi) is 9.68. The zero-order valence-electron chi connectivity index (χ0n) is 14.9. The minimum absolute atomic E-state index is 0.0478. The molecule has 30 heavy (non-hydrogen) atoms. The highest BCUT2D eigenvalue weighted by molar-refractivity contribution is 9.10. The van der Waals surface area contributed by atoms with Crippen LogP contribution in [0.3, 0.4) is 0 Å². The van der Waals surface area contributed by atoms with E-state index in [2.05, 4.69) is 20.9 Å². The lowest BCUT2D eigenvalue weighted by Gasteiger charge is -2.13. The van der Waals surface area contributed by atoms with Crippen molar-refractivity contribution >= 4 is 62.3 Å². The highest BCUT2D eigenvalue weighted by atomic mass is 79.9. The summed E-state index contributed by atoms with van der Waals surface area (Å²) in [5.41, 5.74) is -0.872. The third kappa shape index (κ3) is 7.89. The first-order chi connectivity index (χ1) is 14.1. The van der Waals surface area contributed by atoms with Gasteiger partial charge in [0.05, 0.1) is 33.3 Å². The fourth-order valence-electron chi connectivity index (χ4n) is 2.05. The second-order valence-corrected chi connectivity index (χ2v) is 8.26. The molecule has 0 N–H and O–H groups in total. The molecule has 0 spiro atoms. The van der Waals surface area contributed by atoms with Crippen molar-refractivity contribution in [2.45, 2.75) is 12.6 Å². The number of ether oxygens (including phenoxy) is 3. The molecule has 164 valence electrons. The van der Waals surface area contributed by atoms with Crippen LogP contribution in [0.2, 0.25) is 10.0 Å². The zero-order valence-corrected chi connectivity index (χ0v) is 19.5. The van der Waals surface area contributed by atoms with Gasteiger partial charge in [-0.1, -0.05) is 46.4 Å². The average molecular weight is 570 g/mol. The number of pyridine rings is 1. The van der Waals surface area contributed by atoms with E-state index in [0.29, 0.717) is 18.4 Å². The van der Waals surface area contributed by atoms with Gasteiger partial charge in [0, 0.05) is 24.8 Å². The molecule has 0 unspecified atom stereocenters. The predicted octanol–water partition coefficient (Wildman–Crippen LogP) is 7.72. The summed E-state index contributed by atoms with van der Waals surface area (Å²) < 4.78 is 54.4. The topological polar surface area (TPSA) is 40.6 Å². The van der Waals surface area contributed by atoms with E-state index in [-0.39, 0.29) is 50.5 Å². The summed E-state index contributed by atoms with van der Waals surface area (Å²) in [6.45, 7) is 0.488. The summed E-state index contributed by atoms with van der Waals surface area (Å²) in [6, 6.07) is 3.95. The molecule has 1 heterocycles. The van der Waals surface area contributed by atoms with Gasteiger partial charge in [-0.05, 0) is 28.1 Å². The van der Waals surface area contributed by atoms with Crippen molar-refractivity contribution in [1.29, 1.82) is 0 Å². The largest absolute Gasteiger partial charge is 0.490 e. The first-order valence-electron chi connectivity index (χ1n) is 8.19. The van der Waals surface area contributed by atoms with E-state index in [1.54, 1.807) is 0 Å². The number of aromatic nitrogens is 1. The van der Waals surface area contributed by atoms with Crippen molar-refractivity contribution in [2.24, 2.45) is 0 Å². The molecule has 0 aliphatic rings. The Labute approximate surface area is 198 Å². The van der Waals surface area contributed by atoms with E-state index in [0.717, 1.165) is 6.07 Å². The van der Waals surface area contributed by atoms with Gasteiger partial charge in [0.25, 0.3) is 0 Å². The minimum atomic E-state index is -4.48. The molecule has 0 aliphatic heterocycles. The first kappa shape index (κ1) is 25.2. The number of benzene rings is 1. The lowest BCUT2D eigenvalue weighted by molar-refractivity contribution is -0.137. The maximum atomic E-state index is 12.6. The van der Waals surface area contributed by atoms with Gasteiger partial charge in [-0.25, -0.2) is 4.98 Å².